The topological polar surface area (TPSA) is 107 Å². The second-order valence-electron chi connectivity index (χ2n) is 4.63. The average Bonchev–Trinajstić information content (AvgIpc) is 2.29. The monoisotopic (exact) mass is 255 g/mol. The largest absolute Gasteiger partial charge is 0.481 e. The molecule has 102 valence electrons. The molecular formula is C12H21N3O3. The van der Waals surface area contributed by atoms with E-state index in [9.17, 15) is 9.59 Å². The number of rotatable bonds is 8. The Kier molecular flexibility index (Phi) is 7.72. The van der Waals surface area contributed by atoms with Crippen molar-refractivity contribution < 1.29 is 14.7 Å². The van der Waals surface area contributed by atoms with Crippen LogP contribution in [0.1, 0.15) is 33.1 Å². The SMILES string of the molecule is CC(C)CN(CCC#N)C(=O)C(N)CCC(=O)O. The van der Waals surface area contributed by atoms with Crippen molar-refractivity contribution in [2.45, 2.75) is 39.2 Å². The summed E-state index contributed by atoms with van der Waals surface area (Å²) in [5.41, 5.74) is 5.68. The fraction of sp³-hybridized carbons (Fsp3) is 0.750. The molecule has 0 aromatic rings. The molecule has 0 saturated heterocycles. The van der Waals surface area contributed by atoms with Crippen molar-refractivity contribution in [3.63, 3.8) is 0 Å². The molecule has 0 aromatic heterocycles. The molecule has 0 rings (SSSR count). The molecule has 0 spiro atoms. The van der Waals surface area contributed by atoms with Crippen LogP contribution in [0.2, 0.25) is 0 Å². The second kappa shape index (κ2) is 8.48. The molecule has 0 aromatic carbocycles. The van der Waals surface area contributed by atoms with Crippen LogP contribution >= 0.6 is 0 Å². The number of carbonyl (C=O) groups excluding carboxylic acids is 1. The predicted molar refractivity (Wildman–Crippen MR) is 66.5 cm³/mol. The highest BCUT2D eigenvalue weighted by Gasteiger charge is 2.21. The Hall–Kier alpha value is -1.61. The van der Waals surface area contributed by atoms with Gasteiger partial charge in [-0.3, -0.25) is 9.59 Å². The molecule has 3 N–H and O–H groups in total. The summed E-state index contributed by atoms with van der Waals surface area (Å²) in [6.07, 6.45) is 0.250. The van der Waals surface area contributed by atoms with E-state index < -0.39 is 12.0 Å². The highest BCUT2D eigenvalue weighted by molar-refractivity contribution is 5.82. The molecule has 0 aliphatic carbocycles. The lowest BCUT2D eigenvalue weighted by Gasteiger charge is -2.26. The summed E-state index contributed by atoms with van der Waals surface area (Å²) in [4.78, 5) is 24.0. The normalized spacial score (nSPS) is 11.9. The van der Waals surface area contributed by atoms with Crippen molar-refractivity contribution in [1.82, 2.24) is 4.90 Å². The molecule has 18 heavy (non-hydrogen) atoms. The molecule has 0 saturated carbocycles. The van der Waals surface area contributed by atoms with Crippen LogP contribution in [0.4, 0.5) is 0 Å². The van der Waals surface area contributed by atoms with Crippen LogP contribution in [-0.2, 0) is 9.59 Å². The van der Waals surface area contributed by atoms with Crippen molar-refractivity contribution in [2.24, 2.45) is 11.7 Å². The van der Waals surface area contributed by atoms with Crippen LogP contribution in [0, 0.1) is 17.2 Å². The minimum absolute atomic E-state index is 0.120. The first-order valence-corrected chi connectivity index (χ1v) is 6.01. The van der Waals surface area contributed by atoms with Gasteiger partial charge in [0.2, 0.25) is 5.91 Å². The van der Waals surface area contributed by atoms with Gasteiger partial charge in [-0.1, -0.05) is 13.8 Å². The van der Waals surface area contributed by atoms with Gasteiger partial charge in [0.05, 0.1) is 18.5 Å². The van der Waals surface area contributed by atoms with Crippen molar-refractivity contribution in [3.8, 4) is 6.07 Å². The van der Waals surface area contributed by atoms with E-state index >= 15 is 0 Å². The highest BCUT2D eigenvalue weighted by atomic mass is 16.4. The van der Waals surface area contributed by atoms with Crippen LogP contribution in [-0.4, -0.2) is 41.0 Å². The molecule has 0 bridgehead atoms. The van der Waals surface area contributed by atoms with E-state index in [0.29, 0.717) is 13.1 Å². The molecule has 0 heterocycles. The number of carboxylic acids is 1. The van der Waals surface area contributed by atoms with Gasteiger partial charge in [0.15, 0.2) is 0 Å². The number of carbonyl (C=O) groups is 2. The van der Waals surface area contributed by atoms with E-state index in [0.717, 1.165) is 0 Å². The fourth-order valence-corrected chi connectivity index (χ4v) is 1.55. The Bertz CT molecular complexity index is 323. The van der Waals surface area contributed by atoms with E-state index in [4.69, 9.17) is 16.1 Å². The van der Waals surface area contributed by atoms with Crippen LogP contribution in [0.5, 0.6) is 0 Å². The summed E-state index contributed by atoms with van der Waals surface area (Å²) in [6, 6.07) is 1.18. The van der Waals surface area contributed by atoms with Gasteiger partial charge in [0.1, 0.15) is 0 Å². The molecule has 6 nitrogen and oxygen atoms in total. The standard InChI is InChI=1S/C12H21N3O3/c1-9(2)8-15(7-3-6-13)12(18)10(14)4-5-11(16)17/h9-10H,3-5,7-8,14H2,1-2H3,(H,16,17). The Morgan fingerprint density at radius 1 is 1.44 bits per heavy atom. The maximum atomic E-state index is 12.0. The van der Waals surface area contributed by atoms with Gasteiger partial charge in [0.25, 0.3) is 0 Å². The third-order valence-electron chi connectivity index (χ3n) is 2.38. The van der Waals surface area contributed by atoms with Crippen LogP contribution in [0.15, 0.2) is 0 Å². The third kappa shape index (κ3) is 6.86. The van der Waals surface area contributed by atoms with Crippen LogP contribution in [0.3, 0.4) is 0 Å². The molecule has 0 aliphatic rings. The van der Waals surface area contributed by atoms with Gasteiger partial charge in [-0.25, -0.2) is 0 Å². The molecule has 1 unspecified atom stereocenters. The summed E-state index contributed by atoms with van der Waals surface area (Å²) >= 11 is 0. The van der Waals surface area contributed by atoms with Gasteiger partial charge in [-0.15, -0.1) is 0 Å². The molecule has 1 amide bonds. The zero-order chi connectivity index (χ0) is 14.1. The van der Waals surface area contributed by atoms with E-state index in [-0.39, 0.29) is 31.1 Å². The minimum atomic E-state index is -0.967. The smallest absolute Gasteiger partial charge is 0.303 e. The van der Waals surface area contributed by atoms with Crippen molar-refractivity contribution in [2.75, 3.05) is 13.1 Å². The number of carboxylic acid groups (broad SMARTS) is 1. The quantitative estimate of drug-likeness (QED) is 0.659. The maximum Gasteiger partial charge on any atom is 0.303 e. The Morgan fingerprint density at radius 3 is 2.50 bits per heavy atom. The first-order valence-electron chi connectivity index (χ1n) is 6.01. The number of nitriles is 1. The van der Waals surface area contributed by atoms with Gasteiger partial charge < -0.3 is 15.7 Å². The fourth-order valence-electron chi connectivity index (χ4n) is 1.55. The number of hydrogen-bond donors (Lipinski definition) is 2. The van der Waals surface area contributed by atoms with Crippen LogP contribution in [0.25, 0.3) is 0 Å². The number of nitrogens with zero attached hydrogens (tertiary/aromatic N) is 2. The molecular weight excluding hydrogens is 234 g/mol. The number of aliphatic carboxylic acids is 1. The van der Waals surface area contributed by atoms with Gasteiger partial charge in [-0.2, -0.15) is 5.26 Å². The van der Waals surface area contributed by atoms with Gasteiger partial charge >= 0.3 is 5.97 Å². The maximum absolute atomic E-state index is 12.0. The first kappa shape index (κ1) is 16.4. The summed E-state index contributed by atoms with van der Waals surface area (Å²) < 4.78 is 0. The molecule has 6 heteroatoms. The minimum Gasteiger partial charge on any atom is -0.481 e. The van der Waals surface area contributed by atoms with Crippen molar-refractivity contribution in [1.29, 1.82) is 5.26 Å². The number of amides is 1. The Labute approximate surface area is 107 Å². The van der Waals surface area contributed by atoms with Crippen molar-refractivity contribution >= 4 is 11.9 Å². The first-order chi connectivity index (χ1) is 8.38. The Morgan fingerprint density at radius 2 is 2.06 bits per heavy atom. The number of hydrogen-bond acceptors (Lipinski definition) is 4. The lowest BCUT2D eigenvalue weighted by atomic mass is 10.1. The van der Waals surface area contributed by atoms with Crippen molar-refractivity contribution in [3.05, 3.63) is 0 Å². The summed E-state index contributed by atoms with van der Waals surface area (Å²) in [6.45, 7) is 4.81. The Balaban J connectivity index is 4.42. The number of nitrogens with two attached hydrogens (primary N) is 1. The lowest BCUT2D eigenvalue weighted by molar-refractivity contribution is -0.137. The van der Waals surface area contributed by atoms with E-state index in [1.807, 2.05) is 19.9 Å². The summed E-state index contributed by atoms with van der Waals surface area (Å²) in [7, 11) is 0. The summed E-state index contributed by atoms with van der Waals surface area (Å²) in [5.74, 6) is -0.967. The molecule has 0 aliphatic heterocycles. The lowest BCUT2D eigenvalue weighted by Crippen LogP contribution is -2.45. The van der Waals surface area contributed by atoms with Gasteiger partial charge in [0, 0.05) is 19.5 Å². The van der Waals surface area contributed by atoms with E-state index in [1.54, 1.807) is 4.90 Å². The summed E-state index contributed by atoms with van der Waals surface area (Å²) in [5, 5.41) is 17.1. The zero-order valence-corrected chi connectivity index (χ0v) is 10.9. The molecule has 0 radical (unpaired) electrons. The predicted octanol–water partition coefficient (Wildman–Crippen LogP) is 0.577. The average molecular weight is 255 g/mol. The third-order valence-corrected chi connectivity index (χ3v) is 2.38. The van der Waals surface area contributed by atoms with Crippen LogP contribution < -0.4 is 5.73 Å². The zero-order valence-electron chi connectivity index (χ0n) is 10.9. The second-order valence-corrected chi connectivity index (χ2v) is 4.63. The van der Waals surface area contributed by atoms with E-state index in [2.05, 4.69) is 0 Å². The highest BCUT2D eigenvalue weighted by Crippen LogP contribution is 2.05. The van der Waals surface area contributed by atoms with E-state index in [1.165, 1.54) is 0 Å². The molecule has 1 atom stereocenters. The van der Waals surface area contributed by atoms with Gasteiger partial charge in [-0.05, 0) is 12.3 Å². The molecule has 0 fully saturated rings.